The molecule has 0 aromatic rings. The summed E-state index contributed by atoms with van der Waals surface area (Å²) in [6.45, 7) is 8.72. The van der Waals surface area contributed by atoms with Crippen LogP contribution < -0.4 is 5.73 Å². The van der Waals surface area contributed by atoms with Crippen LogP contribution in [0.25, 0.3) is 0 Å². The summed E-state index contributed by atoms with van der Waals surface area (Å²) in [6, 6.07) is 0.732. The van der Waals surface area contributed by atoms with Gasteiger partial charge in [-0.25, -0.2) is 0 Å². The summed E-state index contributed by atoms with van der Waals surface area (Å²) in [5, 5.41) is 0. The highest BCUT2D eigenvalue weighted by Gasteiger charge is 2.36. The minimum absolute atomic E-state index is 0.115. The summed E-state index contributed by atoms with van der Waals surface area (Å²) in [7, 11) is 0. The molecular formula is C13H26N2O. The Balaban J connectivity index is 1.90. The van der Waals surface area contributed by atoms with E-state index in [-0.39, 0.29) is 5.60 Å². The van der Waals surface area contributed by atoms with Gasteiger partial charge in [-0.15, -0.1) is 0 Å². The van der Waals surface area contributed by atoms with E-state index in [2.05, 4.69) is 18.7 Å². The lowest BCUT2D eigenvalue weighted by Gasteiger charge is -2.41. The summed E-state index contributed by atoms with van der Waals surface area (Å²) < 4.78 is 5.91. The highest BCUT2D eigenvalue weighted by atomic mass is 16.5. The van der Waals surface area contributed by atoms with Gasteiger partial charge in [0, 0.05) is 19.2 Å². The third-order valence-electron chi connectivity index (χ3n) is 4.48. The number of nitrogens with zero attached hydrogens (tertiary/aromatic N) is 1. The maximum atomic E-state index is 5.91. The fourth-order valence-corrected chi connectivity index (χ4v) is 3.05. The lowest BCUT2D eigenvalue weighted by Crippen LogP contribution is -2.46. The predicted molar refractivity (Wildman–Crippen MR) is 66.4 cm³/mol. The van der Waals surface area contributed by atoms with Gasteiger partial charge in [0.2, 0.25) is 0 Å². The summed E-state index contributed by atoms with van der Waals surface area (Å²) in [5.74, 6) is 0.732. The van der Waals surface area contributed by atoms with E-state index in [1.807, 2.05) is 0 Å². The molecule has 0 aromatic heterocycles. The van der Waals surface area contributed by atoms with E-state index in [1.54, 1.807) is 0 Å². The molecule has 2 rings (SSSR count). The molecule has 94 valence electrons. The third-order valence-corrected chi connectivity index (χ3v) is 4.48. The predicted octanol–water partition coefficient (Wildman–Crippen LogP) is 1.61. The van der Waals surface area contributed by atoms with Crippen molar-refractivity contribution < 1.29 is 4.74 Å². The molecule has 2 N–H and O–H groups in total. The molecule has 3 atom stereocenters. The van der Waals surface area contributed by atoms with Crippen LogP contribution in [0.2, 0.25) is 0 Å². The monoisotopic (exact) mass is 226 g/mol. The van der Waals surface area contributed by atoms with Crippen molar-refractivity contribution in [2.24, 2.45) is 11.7 Å². The number of hydrogen-bond acceptors (Lipinski definition) is 3. The van der Waals surface area contributed by atoms with Crippen LogP contribution in [0, 0.1) is 5.92 Å². The fraction of sp³-hybridized carbons (Fsp3) is 1.00. The van der Waals surface area contributed by atoms with Crippen molar-refractivity contribution in [2.45, 2.75) is 51.2 Å². The van der Waals surface area contributed by atoms with Crippen LogP contribution in [-0.4, -0.2) is 42.8 Å². The van der Waals surface area contributed by atoms with Gasteiger partial charge in [-0.1, -0.05) is 6.92 Å². The number of ether oxygens (including phenoxy) is 1. The van der Waals surface area contributed by atoms with Crippen LogP contribution in [-0.2, 0) is 4.74 Å². The van der Waals surface area contributed by atoms with Crippen molar-refractivity contribution in [1.82, 2.24) is 4.90 Å². The van der Waals surface area contributed by atoms with Gasteiger partial charge >= 0.3 is 0 Å². The minimum Gasteiger partial charge on any atom is -0.375 e. The van der Waals surface area contributed by atoms with Crippen molar-refractivity contribution in [2.75, 3.05) is 26.2 Å². The van der Waals surface area contributed by atoms with Gasteiger partial charge < -0.3 is 10.5 Å². The maximum absolute atomic E-state index is 5.91. The molecule has 0 bridgehead atoms. The van der Waals surface area contributed by atoms with Gasteiger partial charge in [0.05, 0.1) is 5.60 Å². The smallest absolute Gasteiger partial charge is 0.0666 e. The van der Waals surface area contributed by atoms with E-state index in [9.17, 15) is 0 Å². The fourth-order valence-electron chi connectivity index (χ4n) is 3.05. The van der Waals surface area contributed by atoms with Gasteiger partial charge in [-0.3, -0.25) is 4.90 Å². The Morgan fingerprint density at radius 2 is 2.25 bits per heavy atom. The first-order valence-corrected chi connectivity index (χ1v) is 6.75. The highest BCUT2D eigenvalue weighted by Crippen LogP contribution is 2.32. The van der Waals surface area contributed by atoms with Gasteiger partial charge in [-0.05, 0) is 51.6 Å². The van der Waals surface area contributed by atoms with Crippen LogP contribution >= 0.6 is 0 Å². The Kier molecular flexibility index (Phi) is 3.88. The van der Waals surface area contributed by atoms with Gasteiger partial charge in [0.15, 0.2) is 0 Å². The molecule has 2 aliphatic rings. The quantitative estimate of drug-likeness (QED) is 0.794. The van der Waals surface area contributed by atoms with Crippen LogP contribution in [0.15, 0.2) is 0 Å². The van der Waals surface area contributed by atoms with Crippen molar-refractivity contribution >= 4 is 0 Å². The molecule has 16 heavy (non-hydrogen) atoms. The topological polar surface area (TPSA) is 38.5 Å². The zero-order valence-corrected chi connectivity index (χ0v) is 10.7. The summed E-state index contributed by atoms with van der Waals surface area (Å²) in [4.78, 5) is 2.65. The molecule has 2 fully saturated rings. The lowest BCUT2D eigenvalue weighted by molar-refractivity contribution is -0.0942. The molecule has 0 saturated carbocycles. The highest BCUT2D eigenvalue weighted by molar-refractivity contribution is 4.90. The van der Waals surface area contributed by atoms with E-state index < -0.39 is 0 Å². The first kappa shape index (κ1) is 12.3. The Morgan fingerprint density at radius 3 is 2.88 bits per heavy atom. The molecule has 0 spiro atoms. The van der Waals surface area contributed by atoms with Gasteiger partial charge in [0.1, 0.15) is 0 Å². The number of hydrogen-bond donors (Lipinski definition) is 1. The van der Waals surface area contributed by atoms with Gasteiger partial charge in [-0.2, -0.15) is 0 Å². The molecule has 2 aliphatic heterocycles. The second-order valence-electron chi connectivity index (χ2n) is 5.68. The van der Waals surface area contributed by atoms with Crippen LogP contribution in [0.1, 0.15) is 39.5 Å². The Labute approximate surface area is 99.3 Å². The SMILES string of the molecule is CCC1(C)CC(N2CCC(CN)C2)CCO1. The molecule has 0 radical (unpaired) electrons. The molecule has 0 aromatic carbocycles. The average Bonchev–Trinajstić information content (AvgIpc) is 2.78. The van der Waals surface area contributed by atoms with Crippen LogP contribution in [0.5, 0.6) is 0 Å². The zero-order chi connectivity index (χ0) is 11.6. The van der Waals surface area contributed by atoms with E-state index >= 15 is 0 Å². The third kappa shape index (κ3) is 2.58. The summed E-state index contributed by atoms with van der Waals surface area (Å²) >= 11 is 0. The first-order valence-electron chi connectivity index (χ1n) is 6.75. The summed E-state index contributed by atoms with van der Waals surface area (Å²) in [5.41, 5.74) is 5.87. The van der Waals surface area contributed by atoms with Gasteiger partial charge in [0.25, 0.3) is 0 Å². The van der Waals surface area contributed by atoms with E-state index in [0.717, 1.165) is 31.5 Å². The van der Waals surface area contributed by atoms with Crippen LogP contribution in [0.4, 0.5) is 0 Å². The molecule has 2 saturated heterocycles. The largest absolute Gasteiger partial charge is 0.375 e. The zero-order valence-electron chi connectivity index (χ0n) is 10.7. The molecule has 3 nitrogen and oxygen atoms in total. The Bertz CT molecular complexity index is 234. The Morgan fingerprint density at radius 1 is 1.44 bits per heavy atom. The first-order chi connectivity index (χ1) is 7.67. The van der Waals surface area contributed by atoms with Crippen molar-refractivity contribution in [3.8, 4) is 0 Å². The summed E-state index contributed by atoms with van der Waals surface area (Å²) in [6.07, 6.45) is 4.81. The normalized spacial score (nSPS) is 41.4. The van der Waals surface area contributed by atoms with Crippen molar-refractivity contribution in [3.05, 3.63) is 0 Å². The molecule has 3 heteroatoms. The number of nitrogens with two attached hydrogens (primary N) is 1. The number of likely N-dealkylation sites (tertiary alicyclic amines) is 1. The second kappa shape index (κ2) is 5.03. The molecule has 2 heterocycles. The standard InChI is InChI=1S/C13H26N2O/c1-3-13(2)8-12(5-7-16-13)15-6-4-11(9-14)10-15/h11-12H,3-10,14H2,1-2H3. The average molecular weight is 226 g/mol. The molecule has 0 aliphatic carbocycles. The van der Waals surface area contributed by atoms with Crippen molar-refractivity contribution in [1.29, 1.82) is 0 Å². The Hall–Kier alpha value is -0.120. The maximum Gasteiger partial charge on any atom is 0.0666 e. The van der Waals surface area contributed by atoms with E-state index in [1.165, 1.54) is 32.4 Å². The number of rotatable bonds is 3. The van der Waals surface area contributed by atoms with Crippen molar-refractivity contribution in [3.63, 3.8) is 0 Å². The van der Waals surface area contributed by atoms with Crippen LogP contribution in [0.3, 0.4) is 0 Å². The van der Waals surface area contributed by atoms with E-state index in [4.69, 9.17) is 10.5 Å². The second-order valence-corrected chi connectivity index (χ2v) is 5.68. The minimum atomic E-state index is 0.115. The molecular weight excluding hydrogens is 200 g/mol. The molecule has 3 unspecified atom stereocenters. The molecule has 0 amide bonds. The lowest BCUT2D eigenvalue weighted by atomic mass is 9.89. The van der Waals surface area contributed by atoms with E-state index in [0.29, 0.717) is 0 Å².